The maximum atomic E-state index is 5.69. The van der Waals surface area contributed by atoms with Gasteiger partial charge in [-0.3, -0.25) is 4.90 Å². The van der Waals surface area contributed by atoms with Crippen molar-refractivity contribution in [3.8, 4) is 0 Å². The fourth-order valence-electron chi connectivity index (χ4n) is 1.79. The molecule has 1 fully saturated rings. The highest BCUT2D eigenvalue weighted by atomic mass is 16.5. The molecule has 3 nitrogen and oxygen atoms in total. The maximum absolute atomic E-state index is 5.69. The molecule has 0 saturated carbocycles. The summed E-state index contributed by atoms with van der Waals surface area (Å²) in [5, 5.41) is 3.34. The van der Waals surface area contributed by atoms with Crippen LogP contribution in [0.15, 0.2) is 0 Å². The predicted octanol–water partition coefficient (Wildman–Crippen LogP) is 1.10. The Labute approximate surface area is 87.8 Å². The summed E-state index contributed by atoms with van der Waals surface area (Å²) in [7, 11) is 0. The summed E-state index contributed by atoms with van der Waals surface area (Å²) in [6.45, 7) is 10.8. The average Bonchev–Trinajstić information content (AvgIpc) is 2.24. The molecule has 0 aromatic heterocycles. The van der Waals surface area contributed by atoms with Crippen molar-refractivity contribution in [1.29, 1.82) is 0 Å². The highest BCUT2D eigenvalue weighted by Gasteiger charge is 2.18. The van der Waals surface area contributed by atoms with Gasteiger partial charge in [0.05, 0.1) is 12.7 Å². The highest BCUT2D eigenvalue weighted by Crippen LogP contribution is 2.05. The summed E-state index contributed by atoms with van der Waals surface area (Å²) in [4.78, 5) is 2.52. The van der Waals surface area contributed by atoms with Crippen LogP contribution in [0.1, 0.15) is 26.7 Å². The summed E-state index contributed by atoms with van der Waals surface area (Å²) in [5.41, 5.74) is 0. The van der Waals surface area contributed by atoms with Gasteiger partial charge in [-0.25, -0.2) is 0 Å². The summed E-state index contributed by atoms with van der Waals surface area (Å²) in [5.74, 6) is 0. The number of nitrogens with zero attached hydrogens (tertiary/aromatic N) is 1. The number of likely N-dealkylation sites (N-methyl/N-ethyl adjacent to an activating group) is 1. The Balaban J connectivity index is 2.14. The molecule has 3 heteroatoms. The average molecular weight is 200 g/mol. The van der Waals surface area contributed by atoms with Gasteiger partial charge >= 0.3 is 0 Å². The largest absolute Gasteiger partial charge is 0.374 e. The molecule has 1 saturated heterocycles. The number of hydrogen-bond donors (Lipinski definition) is 1. The van der Waals surface area contributed by atoms with Crippen LogP contribution in [-0.4, -0.2) is 50.3 Å². The van der Waals surface area contributed by atoms with Gasteiger partial charge in [0.15, 0.2) is 0 Å². The van der Waals surface area contributed by atoms with Crippen LogP contribution < -0.4 is 5.32 Å². The fraction of sp³-hybridized carbons (Fsp3) is 1.00. The number of morpholine rings is 1. The van der Waals surface area contributed by atoms with Gasteiger partial charge in [-0.1, -0.05) is 20.3 Å². The second-order valence-electron chi connectivity index (χ2n) is 3.95. The lowest BCUT2D eigenvalue weighted by Gasteiger charge is -2.32. The Morgan fingerprint density at radius 2 is 2.29 bits per heavy atom. The molecule has 1 rings (SSSR count). The second kappa shape index (κ2) is 7.21. The quantitative estimate of drug-likeness (QED) is 0.695. The molecule has 0 bridgehead atoms. The van der Waals surface area contributed by atoms with Crippen molar-refractivity contribution in [1.82, 2.24) is 10.2 Å². The smallest absolute Gasteiger partial charge is 0.0826 e. The molecule has 0 radical (unpaired) electrons. The fourth-order valence-corrected chi connectivity index (χ4v) is 1.79. The molecule has 1 heterocycles. The van der Waals surface area contributed by atoms with Crippen LogP contribution in [-0.2, 0) is 4.74 Å². The molecule has 1 aliphatic rings. The molecule has 1 N–H and O–H groups in total. The third kappa shape index (κ3) is 4.40. The van der Waals surface area contributed by atoms with Crippen molar-refractivity contribution in [3.05, 3.63) is 0 Å². The van der Waals surface area contributed by atoms with E-state index in [1.807, 2.05) is 0 Å². The molecular weight excluding hydrogens is 176 g/mol. The Bertz CT molecular complexity index is 127. The standard InChI is InChI=1S/C11H24N2O/c1-3-5-6-13-7-8-14-11(10-13)9-12-4-2/h11-12H,3-10H2,1-2H3/t11-/m1/s1. The van der Waals surface area contributed by atoms with Gasteiger partial charge in [0.2, 0.25) is 0 Å². The highest BCUT2D eigenvalue weighted by molar-refractivity contribution is 4.72. The first-order valence-electron chi connectivity index (χ1n) is 5.91. The van der Waals surface area contributed by atoms with E-state index in [4.69, 9.17) is 4.74 Å². The van der Waals surface area contributed by atoms with E-state index in [0.717, 1.165) is 32.8 Å². The minimum absolute atomic E-state index is 0.403. The first-order chi connectivity index (χ1) is 6.86. The van der Waals surface area contributed by atoms with Crippen LogP contribution in [0.4, 0.5) is 0 Å². The zero-order valence-electron chi connectivity index (χ0n) is 9.59. The molecule has 1 aliphatic heterocycles. The number of hydrogen-bond acceptors (Lipinski definition) is 3. The van der Waals surface area contributed by atoms with E-state index in [2.05, 4.69) is 24.1 Å². The SMILES string of the molecule is CCCCN1CCO[C@H](CNCC)C1. The molecule has 0 aromatic rings. The molecule has 0 aliphatic carbocycles. The van der Waals surface area contributed by atoms with E-state index in [9.17, 15) is 0 Å². The van der Waals surface area contributed by atoms with Gasteiger partial charge in [0.1, 0.15) is 0 Å². The number of ether oxygens (including phenoxy) is 1. The number of unbranched alkanes of at least 4 members (excludes halogenated alkanes) is 1. The topological polar surface area (TPSA) is 24.5 Å². The molecule has 0 aromatic carbocycles. The van der Waals surface area contributed by atoms with Crippen molar-refractivity contribution >= 4 is 0 Å². The lowest BCUT2D eigenvalue weighted by Crippen LogP contribution is -2.46. The van der Waals surface area contributed by atoms with Crippen molar-refractivity contribution in [3.63, 3.8) is 0 Å². The molecule has 84 valence electrons. The van der Waals surface area contributed by atoms with Crippen molar-refractivity contribution < 1.29 is 4.74 Å². The molecule has 0 amide bonds. The van der Waals surface area contributed by atoms with Crippen molar-refractivity contribution in [2.24, 2.45) is 0 Å². The third-order valence-electron chi connectivity index (χ3n) is 2.67. The first-order valence-corrected chi connectivity index (χ1v) is 5.91. The minimum Gasteiger partial charge on any atom is -0.374 e. The van der Waals surface area contributed by atoms with Crippen LogP contribution in [0.2, 0.25) is 0 Å². The van der Waals surface area contributed by atoms with Crippen LogP contribution >= 0.6 is 0 Å². The van der Waals surface area contributed by atoms with Crippen molar-refractivity contribution in [2.45, 2.75) is 32.8 Å². The van der Waals surface area contributed by atoms with E-state index in [-0.39, 0.29) is 0 Å². The summed E-state index contributed by atoms with van der Waals surface area (Å²) >= 11 is 0. The van der Waals surface area contributed by atoms with E-state index in [1.54, 1.807) is 0 Å². The zero-order valence-corrected chi connectivity index (χ0v) is 9.59. The molecular formula is C11H24N2O. The second-order valence-corrected chi connectivity index (χ2v) is 3.95. The van der Waals surface area contributed by atoms with Crippen LogP contribution in [0.3, 0.4) is 0 Å². The summed E-state index contributed by atoms with van der Waals surface area (Å²) in [6.07, 6.45) is 3.00. The van der Waals surface area contributed by atoms with Gasteiger partial charge in [-0.15, -0.1) is 0 Å². The van der Waals surface area contributed by atoms with Gasteiger partial charge in [0, 0.05) is 19.6 Å². The van der Waals surface area contributed by atoms with Gasteiger partial charge in [-0.2, -0.15) is 0 Å². The summed E-state index contributed by atoms with van der Waals surface area (Å²) < 4.78 is 5.69. The Kier molecular flexibility index (Phi) is 6.15. The maximum Gasteiger partial charge on any atom is 0.0826 e. The Morgan fingerprint density at radius 3 is 3.00 bits per heavy atom. The van der Waals surface area contributed by atoms with E-state index in [0.29, 0.717) is 6.10 Å². The first kappa shape index (κ1) is 12.0. The van der Waals surface area contributed by atoms with Crippen LogP contribution in [0, 0.1) is 0 Å². The Morgan fingerprint density at radius 1 is 1.43 bits per heavy atom. The third-order valence-corrected chi connectivity index (χ3v) is 2.67. The van der Waals surface area contributed by atoms with Gasteiger partial charge in [0.25, 0.3) is 0 Å². The van der Waals surface area contributed by atoms with E-state index < -0.39 is 0 Å². The molecule has 0 unspecified atom stereocenters. The zero-order chi connectivity index (χ0) is 10.2. The van der Waals surface area contributed by atoms with E-state index >= 15 is 0 Å². The van der Waals surface area contributed by atoms with Crippen molar-refractivity contribution in [2.75, 3.05) is 39.3 Å². The molecule has 1 atom stereocenters. The molecule has 14 heavy (non-hydrogen) atoms. The number of nitrogens with one attached hydrogen (secondary N) is 1. The normalized spacial score (nSPS) is 24.0. The van der Waals surface area contributed by atoms with Crippen LogP contribution in [0.25, 0.3) is 0 Å². The monoisotopic (exact) mass is 200 g/mol. The van der Waals surface area contributed by atoms with Gasteiger partial charge in [-0.05, 0) is 19.5 Å². The van der Waals surface area contributed by atoms with E-state index in [1.165, 1.54) is 19.4 Å². The van der Waals surface area contributed by atoms with Crippen LogP contribution in [0.5, 0.6) is 0 Å². The van der Waals surface area contributed by atoms with Gasteiger partial charge < -0.3 is 10.1 Å². The lowest BCUT2D eigenvalue weighted by atomic mass is 10.2. The summed E-state index contributed by atoms with van der Waals surface area (Å²) in [6, 6.07) is 0. The predicted molar refractivity (Wildman–Crippen MR) is 59.6 cm³/mol. The number of rotatable bonds is 6. The minimum atomic E-state index is 0.403. The molecule has 0 spiro atoms. The lowest BCUT2D eigenvalue weighted by molar-refractivity contribution is -0.0270. The Hall–Kier alpha value is -0.120.